The fourth-order valence-electron chi connectivity index (χ4n) is 2.92. The third-order valence-electron chi connectivity index (χ3n) is 4.32. The second-order valence-corrected chi connectivity index (χ2v) is 6.38. The van der Waals surface area contributed by atoms with Gasteiger partial charge in [0.2, 0.25) is 0 Å². The lowest BCUT2D eigenvalue weighted by Crippen LogP contribution is -2.13. The van der Waals surface area contributed by atoms with Crippen LogP contribution in [0.1, 0.15) is 34.9 Å². The predicted octanol–water partition coefficient (Wildman–Crippen LogP) is 3.09. The van der Waals surface area contributed by atoms with Gasteiger partial charge in [-0.25, -0.2) is 4.39 Å². The SMILES string of the molecule is Cn1cc(NC(=O)c2cc(-c3ccc(F)cc3)n(C)n2)c(C2CC2)n1. The van der Waals surface area contributed by atoms with Gasteiger partial charge in [0.05, 0.1) is 17.1 Å². The van der Waals surface area contributed by atoms with E-state index in [9.17, 15) is 9.18 Å². The van der Waals surface area contributed by atoms with Crippen LogP contribution in [0.2, 0.25) is 0 Å². The van der Waals surface area contributed by atoms with Gasteiger partial charge in [0, 0.05) is 26.2 Å². The number of nitrogens with one attached hydrogen (secondary N) is 1. The highest BCUT2D eigenvalue weighted by Gasteiger charge is 2.30. The van der Waals surface area contributed by atoms with Crippen molar-refractivity contribution < 1.29 is 9.18 Å². The Bertz CT molecular complexity index is 937. The van der Waals surface area contributed by atoms with Crippen molar-refractivity contribution in [3.8, 4) is 11.3 Å². The summed E-state index contributed by atoms with van der Waals surface area (Å²) in [6.45, 7) is 0. The van der Waals surface area contributed by atoms with E-state index in [0.717, 1.165) is 35.5 Å². The maximum absolute atomic E-state index is 13.1. The first-order valence-corrected chi connectivity index (χ1v) is 8.16. The minimum atomic E-state index is -0.298. The Morgan fingerprint density at radius 1 is 1.20 bits per heavy atom. The lowest BCUT2D eigenvalue weighted by atomic mass is 10.1. The molecule has 1 aliphatic carbocycles. The Kier molecular flexibility index (Phi) is 3.63. The molecule has 6 nitrogen and oxygen atoms in total. The molecule has 0 radical (unpaired) electrons. The molecule has 1 amide bonds. The number of hydrogen-bond donors (Lipinski definition) is 1. The standard InChI is InChI=1S/C18H18FN5O/c1-23-10-15(17(22-23)12-3-4-12)20-18(25)14-9-16(24(2)21-14)11-5-7-13(19)8-6-11/h5-10,12H,3-4H2,1-2H3,(H,20,25). The van der Waals surface area contributed by atoms with Crippen LogP contribution in [0.3, 0.4) is 0 Å². The van der Waals surface area contributed by atoms with Crippen molar-refractivity contribution in [2.75, 3.05) is 5.32 Å². The number of carbonyl (C=O) groups is 1. The molecular formula is C18H18FN5O. The number of benzene rings is 1. The maximum Gasteiger partial charge on any atom is 0.276 e. The number of rotatable bonds is 4. The third-order valence-corrected chi connectivity index (χ3v) is 4.32. The van der Waals surface area contributed by atoms with E-state index in [1.54, 1.807) is 34.6 Å². The van der Waals surface area contributed by atoms with Crippen LogP contribution >= 0.6 is 0 Å². The molecule has 3 aromatic rings. The van der Waals surface area contributed by atoms with E-state index in [-0.39, 0.29) is 11.7 Å². The second-order valence-electron chi connectivity index (χ2n) is 6.38. The maximum atomic E-state index is 13.1. The van der Waals surface area contributed by atoms with Gasteiger partial charge in [-0.3, -0.25) is 14.2 Å². The molecule has 0 spiro atoms. The first-order valence-electron chi connectivity index (χ1n) is 8.16. The number of nitrogens with zero attached hydrogens (tertiary/aromatic N) is 4. The van der Waals surface area contributed by atoms with E-state index in [2.05, 4.69) is 15.5 Å². The highest BCUT2D eigenvalue weighted by atomic mass is 19.1. The van der Waals surface area contributed by atoms with Gasteiger partial charge in [-0.15, -0.1) is 0 Å². The van der Waals surface area contributed by atoms with Crippen molar-refractivity contribution >= 4 is 11.6 Å². The lowest BCUT2D eigenvalue weighted by Gasteiger charge is -2.02. The van der Waals surface area contributed by atoms with Crippen molar-refractivity contribution in [1.82, 2.24) is 19.6 Å². The number of aryl methyl sites for hydroxylation is 2. The summed E-state index contributed by atoms with van der Waals surface area (Å²) in [5.74, 6) is -0.137. The molecule has 2 heterocycles. The van der Waals surface area contributed by atoms with Crippen LogP contribution in [0.25, 0.3) is 11.3 Å². The van der Waals surface area contributed by atoms with Crippen molar-refractivity contribution in [1.29, 1.82) is 0 Å². The zero-order valence-corrected chi connectivity index (χ0v) is 14.0. The minimum Gasteiger partial charge on any atom is -0.318 e. The minimum absolute atomic E-state index is 0.279. The van der Waals surface area contributed by atoms with E-state index in [0.29, 0.717) is 11.6 Å². The average molecular weight is 339 g/mol. The summed E-state index contributed by atoms with van der Waals surface area (Å²) in [5, 5.41) is 11.6. The Hall–Kier alpha value is -2.96. The van der Waals surface area contributed by atoms with Gasteiger partial charge in [0.15, 0.2) is 5.69 Å². The fraction of sp³-hybridized carbons (Fsp3) is 0.278. The number of carbonyl (C=O) groups excluding carboxylic acids is 1. The van der Waals surface area contributed by atoms with Gasteiger partial charge in [0.25, 0.3) is 5.91 Å². The van der Waals surface area contributed by atoms with Crippen molar-refractivity contribution in [2.45, 2.75) is 18.8 Å². The summed E-state index contributed by atoms with van der Waals surface area (Å²) < 4.78 is 16.4. The summed E-state index contributed by atoms with van der Waals surface area (Å²) >= 11 is 0. The predicted molar refractivity (Wildman–Crippen MR) is 91.7 cm³/mol. The van der Waals surface area contributed by atoms with Crippen molar-refractivity contribution in [2.24, 2.45) is 14.1 Å². The first kappa shape index (κ1) is 15.6. The fourth-order valence-corrected chi connectivity index (χ4v) is 2.92. The largest absolute Gasteiger partial charge is 0.318 e. The Morgan fingerprint density at radius 3 is 2.60 bits per heavy atom. The third kappa shape index (κ3) is 3.05. The summed E-state index contributed by atoms with van der Waals surface area (Å²) in [7, 11) is 3.60. The summed E-state index contributed by atoms with van der Waals surface area (Å²) in [6, 6.07) is 7.82. The molecule has 0 aliphatic heterocycles. The second kappa shape index (κ2) is 5.84. The molecule has 0 saturated heterocycles. The highest BCUT2D eigenvalue weighted by Crippen LogP contribution is 2.42. The van der Waals surface area contributed by atoms with Gasteiger partial charge >= 0.3 is 0 Å². The lowest BCUT2D eigenvalue weighted by molar-refractivity contribution is 0.102. The molecule has 0 bridgehead atoms. The Morgan fingerprint density at radius 2 is 1.92 bits per heavy atom. The van der Waals surface area contributed by atoms with Crippen LogP contribution in [0.15, 0.2) is 36.5 Å². The number of anilines is 1. The van der Waals surface area contributed by atoms with Crippen LogP contribution in [0, 0.1) is 5.82 Å². The number of amides is 1. The molecule has 1 aliphatic rings. The first-order chi connectivity index (χ1) is 12.0. The molecule has 128 valence electrons. The van der Waals surface area contributed by atoms with Gasteiger partial charge in [-0.05, 0) is 48.7 Å². The molecular weight excluding hydrogens is 321 g/mol. The van der Waals surface area contributed by atoms with E-state index in [4.69, 9.17) is 0 Å². The van der Waals surface area contributed by atoms with Gasteiger partial charge in [0.1, 0.15) is 5.82 Å². The molecule has 25 heavy (non-hydrogen) atoms. The van der Waals surface area contributed by atoms with E-state index >= 15 is 0 Å². The zero-order chi connectivity index (χ0) is 17.6. The topological polar surface area (TPSA) is 64.7 Å². The Labute approximate surface area is 144 Å². The molecule has 1 fully saturated rings. The molecule has 1 aromatic carbocycles. The number of halogens is 1. The van der Waals surface area contributed by atoms with Crippen molar-refractivity contribution in [3.05, 3.63) is 53.7 Å². The van der Waals surface area contributed by atoms with Crippen LogP contribution in [0.4, 0.5) is 10.1 Å². The van der Waals surface area contributed by atoms with Crippen LogP contribution in [-0.2, 0) is 14.1 Å². The quantitative estimate of drug-likeness (QED) is 0.794. The summed E-state index contributed by atoms with van der Waals surface area (Å²) in [4.78, 5) is 12.6. The summed E-state index contributed by atoms with van der Waals surface area (Å²) in [6.07, 6.45) is 4.03. The molecule has 1 N–H and O–H groups in total. The van der Waals surface area contributed by atoms with Crippen LogP contribution in [0.5, 0.6) is 0 Å². The zero-order valence-electron chi connectivity index (χ0n) is 14.0. The van der Waals surface area contributed by atoms with Gasteiger partial charge in [-0.1, -0.05) is 0 Å². The van der Waals surface area contributed by atoms with Gasteiger partial charge < -0.3 is 5.32 Å². The Balaban J connectivity index is 1.59. The van der Waals surface area contributed by atoms with E-state index in [1.165, 1.54) is 12.1 Å². The van der Waals surface area contributed by atoms with Crippen LogP contribution < -0.4 is 5.32 Å². The summed E-state index contributed by atoms with van der Waals surface area (Å²) in [5.41, 5.74) is 3.54. The smallest absolute Gasteiger partial charge is 0.276 e. The molecule has 7 heteroatoms. The molecule has 2 aromatic heterocycles. The highest BCUT2D eigenvalue weighted by molar-refractivity contribution is 6.03. The average Bonchev–Trinajstić information content (AvgIpc) is 3.25. The number of aromatic nitrogens is 4. The molecule has 4 rings (SSSR count). The van der Waals surface area contributed by atoms with Crippen LogP contribution in [-0.4, -0.2) is 25.5 Å². The van der Waals surface area contributed by atoms with E-state index < -0.39 is 0 Å². The van der Waals surface area contributed by atoms with E-state index in [1.807, 2.05) is 13.2 Å². The molecule has 0 atom stereocenters. The molecule has 1 saturated carbocycles. The van der Waals surface area contributed by atoms with Gasteiger partial charge in [-0.2, -0.15) is 10.2 Å². The normalized spacial score (nSPS) is 13.9. The molecule has 0 unspecified atom stereocenters. The monoisotopic (exact) mass is 339 g/mol. The number of hydrogen-bond acceptors (Lipinski definition) is 3. The van der Waals surface area contributed by atoms with Crippen molar-refractivity contribution in [3.63, 3.8) is 0 Å².